The number of aromatic nitrogens is 1. The van der Waals surface area contributed by atoms with Gasteiger partial charge in [0.15, 0.2) is 0 Å². The Kier molecular flexibility index (Phi) is 8.20. The maximum atomic E-state index is 12.0. The van der Waals surface area contributed by atoms with Crippen LogP contribution in [0.2, 0.25) is 0 Å². The number of nitrogens with one attached hydrogen (secondary N) is 1. The minimum Gasteiger partial charge on any atom is -0.489 e. The third kappa shape index (κ3) is 7.57. The Bertz CT molecular complexity index is 798. The van der Waals surface area contributed by atoms with Crippen molar-refractivity contribution in [2.45, 2.75) is 25.7 Å². The molecule has 1 aromatic carbocycles. The first kappa shape index (κ1) is 22.4. The maximum absolute atomic E-state index is 12.0. The minimum absolute atomic E-state index is 0.0562. The lowest BCUT2D eigenvalue weighted by molar-refractivity contribution is -0.192. The Morgan fingerprint density at radius 1 is 1.14 bits per heavy atom. The summed E-state index contributed by atoms with van der Waals surface area (Å²) >= 11 is 0. The molecule has 2 heterocycles. The first-order valence-corrected chi connectivity index (χ1v) is 8.68. The number of benzene rings is 1. The van der Waals surface area contributed by atoms with E-state index >= 15 is 0 Å². The number of fused-ring (bicyclic) bond motifs is 1. The smallest absolute Gasteiger partial charge is 0.489 e. The van der Waals surface area contributed by atoms with Crippen molar-refractivity contribution in [3.63, 3.8) is 0 Å². The van der Waals surface area contributed by atoms with Crippen molar-refractivity contribution >= 4 is 5.97 Å². The van der Waals surface area contributed by atoms with Crippen LogP contribution in [0.3, 0.4) is 0 Å². The molecule has 10 heteroatoms. The van der Waals surface area contributed by atoms with E-state index in [0.29, 0.717) is 12.4 Å². The highest BCUT2D eigenvalue weighted by Gasteiger charge is 2.38. The number of rotatable bonds is 6. The van der Waals surface area contributed by atoms with Gasteiger partial charge in [0.1, 0.15) is 31.4 Å². The Balaban J connectivity index is 0.000000370. The van der Waals surface area contributed by atoms with Crippen LogP contribution in [-0.2, 0) is 24.4 Å². The van der Waals surface area contributed by atoms with Crippen LogP contribution in [-0.4, -0.2) is 42.1 Å². The van der Waals surface area contributed by atoms with Gasteiger partial charge in [0.25, 0.3) is 0 Å². The van der Waals surface area contributed by atoms with E-state index in [2.05, 4.69) is 22.4 Å². The summed E-state index contributed by atoms with van der Waals surface area (Å²) in [7, 11) is 0. The van der Waals surface area contributed by atoms with Gasteiger partial charge in [-0.2, -0.15) is 13.2 Å². The van der Waals surface area contributed by atoms with Gasteiger partial charge in [-0.25, -0.2) is 9.18 Å². The normalized spacial score (nSPS) is 13.0. The molecule has 1 aliphatic rings. The fourth-order valence-electron chi connectivity index (χ4n) is 2.44. The Morgan fingerprint density at radius 2 is 1.86 bits per heavy atom. The predicted molar refractivity (Wildman–Crippen MR) is 95.6 cm³/mol. The number of carbonyl (C=O) groups is 1. The Hall–Kier alpha value is -2.88. The molecule has 0 saturated carbocycles. The molecule has 0 amide bonds. The lowest BCUT2D eigenvalue weighted by Crippen LogP contribution is -2.23. The van der Waals surface area contributed by atoms with Gasteiger partial charge in [-0.1, -0.05) is 6.07 Å². The van der Waals surface area contributed by atoms with Crippen LogP contribution >= 0.6 is 0 Å². The van der Waals surface area contributed by atoms with Crippen LogP contribution in [0.1, 0.15) is 16.8 Å². The zero-order valence-electron chi connectivity index (χ0n) is 15.3. The summed E-state index contributed by atoms with van der Waals surface area (Å²) in [6.07, 6.45) is -2.43. The number of ether oxygens (including phenoxy) is 2. The summed E-state index contributed by atoms with van der Waals surface area (Å²) < 4.78 is 54.7. The zero-order valence-corrected chi connectivity index (χ0v) is 15.3. The molecule has 0 bridgehead atoms. The molecule has 1 aliphatic heterocycles. The van der Waals surface area contributed by atoms with E-state index in [-0.39, 0.29) is 6.61 Å². The van der Waals surface area contributed by atoms with E-state index < -0.39 is 18.8 Å². The molecule has 0 atom stereocenters. The monoisotopic (exact) mass is 416 g/mol. The predicted octanol–water partition coefficient (Wildman–Crippen LogP) is 3.29. The lowest BCUT2D eigenvalue weighted by Gasteiger charge is -2.18. The van der Waals surface area contributed by atoms with Crippen molar-refractivity contribution < 1.29 is 36.9 Å². The van der Waals surface area contributed by atoms with Crippen molar-refractivity contribution in [2.24, 2.45) is 0 Å². The maximum Gasteiger partial charge on any atom is 0.490 e. The molecule has 3 rings (SSSR count). The molecule has 0 aliphatic carbocycles. The average Bonchev–Trinajstić information content (AvgIpc) is 2.71. The van der Waals surface area contributed by atoms with E-state index in [1.807, 2.05) is 12.1 Å². The average molecular weight is 416 g/mol. The molecule has 2 aromatic rings. The summed E-state index contributed by atoms with van der Waals surface area (Å²) in [5.41, 5.74) is 3.49. The van der Waals surface area contributed by atoms with Crippen molar-refractivity contribution in [1.29, 1.82) is 0 Å². The summed E-state index contributed by atoms with van der Waals surface area (Å²) in [5, 5.41) is 10.5. The van der Waals surface area contributed by atoms with E-state index in [0.717, 1.165) is 31.0 Å². The van der Waals surface area contributed by atoms with Gasteiger partial charge >= 0.3 is 12.1 Å². The SMILES string of the molecule is FCCOc1ccc(COc2ccc3c(c2)CNCC3)nc1.O=C(O)C(F)(F)F. The molecular weight excluding hydrogens is 396 g/mol. The third-order valence-electron chi connectivity index (χ3n) is 3.84. The summed E-state index contributed by atoms with van der Waals surface area (Å²) in [6, 6.07) is 9.82. The van der Waals surface area contributed by atoms with Crippen LogP contribution in [0.4, 0.5) is 17.6 Å². The minimum atomic E-state index is -5.08. The second kappa shape index (κ2) is 10.6. The topological polar surface area (TPSA) is 80.7 Å². The number of hydrogen-bond donors (Lipinski definition) is 2. The molecule has 0 spiro atoms. The van der Waals surface area contributed by atoms with Crippen molar-refractivity contribution in [3.05, 3.63) is 53.3 Å². The summed E-state index contributed by atoms with van der Waals surface area (Å²) in [4.78, 5) is 13.1. The standard InChI is InChI=1S/C17H19FN2O2.C2HF3O2/c18-6-8-21-17-4-2-15(20-11-17)12-22-16-3-1-13-5-7-19-10-14(13)9-16;3-2(4,5)1(6)7/h1-4,9,11,19H,5-8,10,12H2;(H,6,7). The number of carboxylic acid groups (broad SMARTS) is 1. The number of hydrogen-bond acceptors (Lipinski definition) is 5. The van der Waals surface area contributed by atoms with E-state index in [4.69, 9.17) is 19.4 Å². The van der Waals surface area contributed by atoms with Crippen molar-refractivity contribution in [1.82, 2.24) is 10.3 Å². The second-order valence-electron chi connectivity index (χ2n) is 5.97. The fourth-order valence-corrected chi connectivity index (χ4v) is 2.44. The molecule has 1 aromatic heterocycles. The largest absolute Gasteiger partial charge is 0.490 e. The van der Waals surface area contributed by atoms with Crippen LogP contribution in [0, 0.1) is 0 Å². The number of nitrogens with zero attached hydrogens (tertiary/aromatic N) is 1. The van der Waals surface area contributed by atoms with E-state index in [9.17, 15) is 17.6 Å². The Morgan fingerprint density at radius 3 is 2.48 bits per heavy atom. The van der Waals surface area contributed by atoms with Crippen molar-refractivity contribution in [2.75, 3.05) is 19.8 Å². The molecule has 0 unspecified atom stereocenters. The van der Waals surface area contributed by atoms with Crippen LogP contribution < -0.4 is 14.8 Å². The molecule has 0 saturated heterocycles. The van der Waals surface area contributed by atoms with E-state index in [1.165, 1.54) is 11.1 Å². The summed E-state index contributed by atoms with van der Waals surface area (Å²) in [6.45, 7) is 1.88. The first-order chi connectivity index (χ1) is 13.8. The van der Waals surface area contributed by atoms with Gasteiger partial charge in [0.2, 0.25) is 0 Å². The zero-order chi connectivity index (χ0) is 21.3. The van der Waals surface area contributed by atoms with Crippen LogP contribution in [0.25, 0.3) is 0 Å². The number of alkyl halides is 4. The summed E-state index contributed by atoms with van der Waals surface area (Å²) in [5.74, 6) is -1.34. The van der Waals surface area contributed by atoms with Crippen molar-refractivity contribution in [3.8, 4) is 11.5 Å². The second-order valence-corrected chi connectivity index (χ2v) is 5.97. The highest BCUT2D eigenvalue weighted by atomic mass is 19.4. The van der Waals surface area contributed by atoms with Crippen LogP contribution in [0.5, 0.6) is 11.5 Å². The highest BCUT2D eigenvalue weighted by molar-refractivity contribution is 5.73. The van der Waals surface area contributed by atoms with Crippen LogP contribution in [0.15, 0.2) is 36.5 Å². The molecular formula is C19H20F4N2O4. The number of aliphatic carboxylic acids is 1. The fraction of sp³-hybridized carbons (Fsp3) is 0.368. The van der Waals surface area contributed by atoms with Gasteiger partial charge in [0, 0.05) is 6.54 Å². The lowest BCUT2D eigenvalue weighted by atomic mass is 10.0. The van der Waals surface area contributed by atoms with E-state index in [1.54, 1.807) is 12.3 Å². The van der Waals surface area contributed by atoms with Gasteiger partial charge in [-0.15, -0.1) is 0 Å². The molecule has 0 fully saturated rings. The van der Waals surface area contributed by atoms with Gasteiger partial charge < -0.3 is 19.9 Å². The molecule has 158 valence electrons. The van der Waals surface area contributed by atoms with Gasteiger partial charge in [-0.05, 0) is 48.4 Å². The third-order valence-corrected chi connectivity index (χ3v) is 3.84. The van der Waals surface area contributed by atoms with Gasteiger partial charge in [-0.3, -0.25) is 4.98 Å². The highest BCUT2D eigenvalue weighted by Crippen LogP contribution is 2.21. The number of carboxylic acids is 1. The number of halogens is 4. The first-order valence-electron chi connectivity index (χ1n) is 8.68. The molecule has 29 heavy (non-hydrogen) atoms. The number of pyridine rings is 1. The molecule has 6 nitrogen and oxygen atoms in total. The molecule has 0 radical (unpaired) electrons. The molecule has 2 N–H and O–H groups in total. The quantitative estimate of drug-likeness (QED) is 0.704. The Labute approximate surface area is 164 Å². The van der Waals surface area contributed by atoms with Gasteiger partial charge in [0.05, 0.1) is 11.9 Å².